The molecule has 1 heterocycles. The van der Waals surface area contributed by atoms with E-state index in [0.29, 0.717) is 0 Å². The number of aryl methyl sites for hydroxylation is 4. The summed E-state index contributed by atoms with van der Waals surface area (Å²) in [6, 6.07) is 10.5. The lowest BCUT2D eigenvalue weighted by atomic mass is 10.1. The van der Waals surface area contributed by atoms with Crippen molar-refractivity contribution < 1.29 is 0 Å². The first kappa shape index (κ1) is 12.7. The van der Waals surface area contributed by atoms with Gasteiger partial charge < -0.3 is 10.3 Å². The summed E-state index contributed by atoms with van der Waals surface area (Å²) in [5.74, 6) is 0.796. The molecule has 0 saturated heterocycles. The highest BCUT2D eigenvalue weighted by molar-refractivity contribution is 5.81. The summed E-state index contributed by atoms with van der Waals surface area (Å²) in [5, 5.41) is 3.42. The minimum atomic E-state index is 0.796. The van der Waals surface area contributed by atoms with Crippen molar-refractivity contribution in [2.45, 2.75) is 27.7 Å². The largest absolute Gasteiger partial charge is 0.325 e. The molecule has 0 radical (unpaired) electrons. The quantitative estimate of drug-likeness (QED) is 0.714. The molecule has 0 spiro atoms. The van der Waals surface area contributed by atoms with Gasteiger partial charge in [-0.05, 0) is 50.5 Å². The van der Waals surface area contributed by atoms with Crippen molar-refractivity contribution >= 4 is 22.7 Å². The number of H-pyrrole nitrogens is 1. The Balaban J connectivity index is 2.04. The smallest absolute Gasteiger partial charge is 0.205 e. The third-order valence-corrected chi connectivity index (χ3v) is 3.63. The SMILES string of the molecule is Cc1cc(C)c(Nc2nc3c(C)cccc3[nH]2)c(C)c1. The number of imidazole rings is 1. The minimum Gasteiger partial charge on any atom is -0.325 e. The Morgan fingerprint density at radius 1 is 0.950 bits per heavy atom. The molecule has 3 heteroatoms. The van der Waals surface area contributed by atoms with Crippen molar-refractivity contribution in [3.63, 3.8) is 0 Å². The second-order valence-corrected chi connectivity index (χ2v) is 5.46. The predicted octanol–water partition coefficient (Wildman–Crippen LogP) is 4.54. The number of anilines is 2. The van der Waals surface area contributed by atoms with Crippen LogP contribution in [0.3, 0.4) is 0 Å². The first-order valence-electron chi connectivity index (χ1n) is 6.85. The van der Waals surface area contributed by atoms with Crippen LogP contribution < -0.4 is 5.32 Å². The molecular weight excluding hydrogens is 246 g/mol. The van der Waals surface area contributed by atoms with Crippen LogP contribution in [-0.2, 0) is 0 Å². The molecule has 3 aromatic rings. The topological polar surface area (TPSA) is 40.7 Å². The van der Waals surface area contributed by atoms with Gasteiger partial charge in [-0.15, -0.1) is 0 Å². The third kappa shape index (κ3) is 2.16. The van der Waals surface area contributed by atoms with Gasteiger partial charge >= 0.3 is 0 Å². The summed E-state index contributed by atoms with van der Waals surface area (Å²) in [6.07, 6.45) is 0. The van der Waals surface area contributed by atoms with E-state index in [1.807, 2.05) is 6.07 Å². The minimum absolute atomic E-state index is 0.796. The molecule has 3 nitrogen and oxygen atoms in total. The van der Waals surface area contributed by atoms with Gasteiger partial charge in [-0.1, -0.05) is 29.8 Å². The van der Waals surface area contributed by atoms with Crippen LogP contribution in [0.15, 0.2) is 30.3 Å². The van der Waals surface area contributed by atoms with Crippen LogP contribution in [0.25, 0.3) is 11.0 Å². The Kier molecular flexibility index (Phi) is 2.97. The van der Waals surface area contributed by atoms with E-state index in [0.717, 1.165) is 22.7 Å². The Morgan fingerprint density at radius 2 is 1.65 bits per heavy atom. The third-order valence-electron chi connectivity index (χ3n) is 3.63. The average Bonchev–Trinajstić information content (AvgIpc) is 2.78. The van der Waals surface area contributed by atoms with Gasteiger partial charge in [0.15, 0.2) is 0 Å². The van der Waals surface area contributed by atoms with Gasteiger partial charge in [0.05, 0.1) is 11.0 Å². The first-order chi connectivity index (χ1) is 9.54. The van der Waals surface area contributed by atoms with Crippen LogP contribution in [0.1, 0.15) is 22.3 Å². The summed E-state index contributed by atoms with van der Waals surface area (Å²) in [7, 11) is 0. The van der Waals surface area contributed by atoms with E-state index in [-0.39, 0.29) is 0 Å². The number of nitrogens with one attached hydrogen (secondary N) is 2. The van der Waals surface area contributed by atoms with Crippen molar-refractivity contribution in [2.75, 3.05) is 5.32 Å². The van der Waals surface area contributed by atoms with Crippen LogP contribution in [0, 0.1) is 27.7 Å². The number of aromatic nitrogens is 2. The number of nitrogens with zero attached hydrogens (tertiary/aromatic N) is 1. The number of aromatic amines is 1. The Labute approximate surface area is 119 Å². The molecule has 0 aliphatic heterocycles. The number of fused-ring (bicyclic) bond motifs is 1. The van der Waals surface area contributed by atoms with Gasteiger partial charge in [0.1, 0.15) is 0 Å². The lowest BCUT2D eigenvalue weighted by Gasteiger charge is -2.11. The molecule has 20 heavy (non-hydrogen) atoms. The summed E-state index contributed by atoms with van der Waals surface area (Å²) < 4.78 is 0. The van der Waals surface area contributed by atoms with Crippen LogP contribution in [-0.4, -0.2) is 9.97 Å². The van der Waals surface area contributed by atoms with E-state index < -0.39 is 0 Å². The normalized spacial score (nSPS) is 11.0. The maximum atomic E-state index is 4.65. The summed E-state index contributed by atoms with van der Waals surface area (Å²) in [4.78, 5) is 7.98. The summed E-state index contributed by atoms with van der Waals surface area (Å²) in [5.41, 5.74) is 8.16. The highest BCUT2D eigenvalue weighted by Crippen LogP contribution is 2.26. The second-order valence-electron chi connectivity index (χ2n) is 5.46. The van der Waals surface area contributed by atoms with E-state index >= 15 is 0 Å². The Hall–Kier alpha value is -2.29. The van der Waals surface area contributed by atoms with Crippen LogP contribution in [0.5, 0.6) is 0 Å². The van der Waals surface area contributed by atoms with E-state index in [1.54, 1.807) is 0 Å². The van der Waals surface area contributed by atoms with Crippen molar-refractivity contribution in [1.82, 2.24) is 9.97 Å². The van der Waals surface area contributed by atoms with Gasteiger partial charge in [-0.3, -0.25) is 0 Å². The van der Waals surface area contributed by atoms with Crippen molar-refractivity contribution in [3.05, 3.63) is 52.6 Å². The van der Waals surface area contributed by atoms with Gasteiger partial charge in [-0.25, -0.2) is 4.98 Å². The number of hydrogen-bond acceptors (Lipinski definition) is 2. The fourth-order valence-electron chi connectivity index (χ4n) is 2.73. The lowest BCUT2D eigenvalue weighted by molar-refractivity contribution is 1.25. The zero-order valence-electron chi connectivity index (χ0n) is 12.3. The van der Waals surface area contributed by atoms with Gasteiger partial charge in [0.25, 0.3) is 0 Å². The van der Waals surface area contributed by atoms with E-state index in [1.165, 1.54) is 22.3 Å². The monoisotopic (exact) mass is 265 g/mol. The molecule has 3 rings (SSSR count). The Morgan fingerprint density at radius 3 is 2.30 bits per heavy atom. The summed E-state index contributed by atoms with van der Waals surface area (Å²) >= 11 is 0. The van der Waals surface area contributed by atoms with Gasteiger partial charge in [0.2, 0.25) is 5.95 Å². The maximum absolute atomic E-state index is 4.65. The fraction of sp³-hybridized carbons (Fsp3) is 0.235. The molecule has 102 valence electrons. The van der Waals surface area contributed by atoms with Gasteiger partial charge in [0, 0.05) is 5.69 Å². The molecule has 0 bridgehead atoms. The first-order valence-corrected chi connectivity index (χ1v) is 6.85. The zero-order chi connectivity index (χ0) is 14.3. The summed E-state index contributed by atoms with van der Waals surface area (Å²) in [6.45, 7) is 8.44. The fourth-order valence-corrected chi connectivity index (χ4v) is 2.73. The van der Waals surface area contributed by atoms with E-state index in [9.17, 15) is 0 Å². The molecule has 0 atom stereocenters. The second kappa shape index (κ2) is 4.67. The number of rotatable bonds is 2. The van der Waals surface area contributed by atoms with Crippen LogP contribution >= 0.6 is 0 Å². The lowest BCUT2D eigenvalue weighted by Crippen LogP contribution is -1.98. The molecule has 0 unspecified atom stereocenters. The Bertz CT molecular complexity index is 761. The number of benzene rings is 2. The number of hydrogen-bond donors (Lipinski definition) is 2. The van der Waals surface area contributed by atoms with Gasteiger partial charge in [-0.2, -0.15) is 0 Å². The average molecular weight is 265 g/mol. The standard InChI is InChI=1S/C17H19N3/c1-10-8-12(3)15(13(4)9-10)19-17-18-14-7-5-6-11(2)16(14)20-17/h5-9H,1-4H3,(H2,18,19,20). The van der Waals surface area contributed by atoms with E-state index in [4.69, 9.17) is 0 Å². The molecule has 2 N–H and O–H groups in total. The van der Waals surface area contributed by atoms with E-state index in [2.05, 4.69) is 67.2 Å². The molecule has 0 aliphatic rings. The van der Waals surface area contributed by atoms with Crippen LogP contribution in [0.4, 0.5) is 11.6 Å². The van der Waals surface area contributed by atoms with Crippen molar-refractivity contribution in [2.24, 2.45) is 0 Å². The molecule has 2 aromatic carbocycles. The number of para-hydroxylation sites is 1. The molecule has 1 aromatic heterocycles. The molecule has 0 fully saturated rings. The van der Waals surface area contributed by atoms with Crippen LogP contribution in [0.2, 0.25) is 0 Å². The molecule has 0 aliphatic carbocycles. The maximum Gasteiger partial charge on any atom is 0.205 e. The molecule has 0 saturated carbocycles. The van der Waals surface area contributed by atoms with Crippen molar-refractivity contribution in [3.8, 4) is 0 Å². The molecule has 0 amide bonds. The highest BCUT2D eigenvalue weighted by atomic mass is 15.1. The zero-order valence-corrected chi connectivity index (χ0v) is 12.3. The predicted molar refractivity (Wildman–Crippen MR) is 84.8 cm³/mol. The molecular formula is C17H19N3. The van der Waals surface area contributed by atoms with Crippen molar-refractivity contribution in [1.29, 1.82) is 0 Å². The highest BCUT2D eigenvalue weighted by Gasteiger charge is 2.08.